The highest BCUT2D eigenvalue weighted by molar-refractivity contribution is 5.99. The third-order valence-corrected chi connectivity index (χ3v) is 7.58. The molecule has 0 saturated carbocycles. The minimum absolute atomic E-state index is 0.0355. The molecule has 0 bridgehead atoms. The van der Waals surface area contributed by atoms with Gasteiger partial charge in [-0.25, -0.2) is 23.4 Å². The average Bonchev–Trinajstić information content (AvgIpc) is 3.35. The standard InChI is InChI=1S/C32H35F3N8O2/c1-19(2)40-31(3,4)14-20(16-36)30(44)42-12-6-8-22(17-42)43-29-26(28(37)38-18-39-29)27(41-43)24-10-9-23(13-25(24)34)45-32(35)11-5-7-21(33)15-32/h5,7,9-11,13-14,18-19,22,40H,6,8,12,15,17H2,1-4H3,(H2,37,38,39)/t22-,32?/m0/s1. The second-order valence-electron chi connectivity index (χ2n) is 12.2. The number of alkyl halides is 1. The highest BCUT2D eigenvalue weighted by Gasteiger charge is 2.34. The number of allylic oxidation sites excluding steroid dienone is 2. The fourth-order valence-electron chi connectivity index (χ4n) is 5.90. The number of carbonyl (C=O) groups is 1. The van der Waals surface area contributed by atoms with Crippen molar-refractivity contribution >= 4 is 22.8 Å². The molecule has 45 heavy (non-hydrogen) atoms. The fourth-order valence-corrected chi connectivity index (χ4v) is 5.90. The van der Waals surface area contributed by atoms with Gasteiger partial charge in [-0.05, 0) is 57.0 Å². The monoisotopic (exact) mass is 620 g/mol. The van der Waals surface area contributed by atoms with E-state index in [4.69, 9.17) is 15.6 Å². The van der Waals surface area contributed by atoms with Gasteiger partial charge in [-0.15, -0.1) is 0 Å². The van der Waals surface area contributed by atoms with Crippen LogP contribution in [0.2, 0.25) is 0 Å². The molecule has 10 nitrogen and oxygen atoms in total. The van der Waals surface area contributed by atoms with Crippen LogP contribution in [0.4, 0.5) is 19.0 Å². The molecule has 3 N–H and O–H groups in total. The van der Waals surface area contributed by atoms with Crippen LogP contribution in [0.15, 0.2) is 60.2 Å². The van der Waals surface area contributed by atoms with E-state index in [1.165, 1.54) is 24.5 Å². The molecule has 1 amide bonds. The number of carbonyl (C=O) groups excluding carboxylic acids is 1. The Balaban J connectivity index is 1.45. The molecule has 0 radical (unpaired) electrons. The molecular formula is C32H35F3N8O2. The molecule has 1 aliphatic heterocycles. The number of nitrogens with one attached hydrogen (secondary N) is 1. The number of hydrogen-bond acceptors (Lipinski definition) is 8. The van der Waals surface area contributed by atoms with E-state index in [1.54, 1.807) is 15.7 Å². The van der Waals surface area contributed by atoms with E-state index >= 15 is 8.78 Å². The number of benzene rings is 1. The Morgan fingerprint density at radius 2 is 2.09 bits per heavy atom. The van der Waals surface area contributed by atoms with E-state index in [0.717, 1.165) is 18.2 Å². The van der Waals surface area contributed by atoms with Gasteiger partial charge in [-0.3, -0.25) is 4.79 Å². The van der Waals surface area contributed by atoms with Gasteiger partial charge in [0.15, 0.2) is 5.65 Å². The number of nitrogens with zero attached hydrogens (tertiary/aromatic N) is 6. The number of halogens is 3. The number of nitrogens with two attached hydrogens (primary N) is 1. The van der Waals surface area contributed by atoms with Gasteiger partial charge in [0.25, 0.3) is 11.8 Å². The SMILES string of the molecule is CC(C)NC(C)(C)C=C(C#N)C(=O)N1CCC[C@H](n2nc(-c3ccc(OC4(F)C=CC=C(F)C4)cc3F)c3c(N)ncnc32)C1. The van der Waals surface area contributed by atoms with Crippen molar-refractivity contribution in [2.24, 2.45) is 0 Å². The largest absolute Gasteiger partial charge is 0.454 e. The molecule has 2 aromatic heterocycles. The van der Waals surface area contributed by atoms with Crippen molar-refractivity contribution in [3.05, 3.63) is 66.0 Å². The molecule has 5 rings (SSSR count). The van der Waals surface area contributed by atoms with Gasteiger partial charge < -0.3 is 20.7 Å². The van der Waals surface area contributed by atoms with Crippen LogP contribution >= 0.6 is 0 Å². The fraction of sp³-hybridized carbons (Fsp3) is 0.406. The number of likely N-dealkylation sites (tertiary alicyclic amines) is 1. The van der Waals surface area contributed by atoms with Crippen LogP contribution in [-0.4, -0.2) is 61.1 Å². The van der Waals surface area contributed by atoms with Crippen molar-refractivity contribution in [3.8, 4) is 23.1 Å². The molecule has 3 aromatic rings. The summed E-state index contributed by atoms with van der Waals surface area (Å²) in [4.78, 5) is 23.6. The zero-order valence-corrected chi connectivity index (χ0v) is 25.5. The van der Waals surface area contributed by atoms with Crippen molar-refractivity contribution < 1.29 is 22.7 Å². The lowest BCUT2D eigenvalue weighted by Crippen LogP contribution is -2.44. The van der Waals surface area contributed by atoms with E-state index < -0.39 is 29.5 Å². The summed E-state index contributed by atoms with van der Waals surface area (Å²) in [6.45, 7) is 8.46. The van der Waals surface area contributed by atoms with Crippen LogP contribution in [0.1, 0.15) is 53.0 Å². The molecule has 2 atom stereocenters. The smallest absolute Gasteiger partial charge is 0.273 e. The maximum atomic E-state index is 15.6. The lowest BCUT2D eigenvalue weighted by atomic mass is 9.98. The van der Waals surface area contributed by atoms with Crippen molar-refractivity contribution in [1.29, 1.82) is 5.26 Å². The summed E-state index contributed by atoms with van der Waals surface area (Å²) in [5, 5.41) is 18.2. The molecule has 2 aliphatic rings. The number of aromatic nitrogens is 4. The first-order valence-electron chi connectivity index (χ1n) is 14.7. The zero-order chi connectivity index (χ0) is 32.5. The second-order valence-corrected chi connectivity index (χ2v) is 12.2. The molecule has 236 valence electrons. The van der Waals surface area contributed by atoms with Crippen LogP contribution < -0.4 is 15.8 Å². The first-order valence-corrected chi connectivity index (χ1v) is 14.7. The zero-order valence-electron chi connectivity index (χ0n) is 25.5. The number of anilines is 1. The summed E-state index contributed by atoms with van der Waals surface area (Å²) in [7, 11) is 0. The summed E-state index contributed by atoms with van der Waals surface area (Å²) in [6.07, 6.45) is 6.97. The van der Waals surface area contributed by atoms with Gasteiger partial charge >= 0.3 is 0 Å². The van der Waals surface area contributed by atoms with Crippen molar-refractivity contribution in [2.45, 2.75) is 70.4 Å². The number of piperidine rings is 1. The van der Waals surface area contributed by atoms with E-state index in [1.807, 2.05) is 27.7 Å². The van der Waals surface area contributed by atoms with Crippen molar-refractivity contribution in [2.75, 3.05) is 18.8 Å². The summed E-state index contributed by atoms with van der Waals surface area (Å²) >= 11 is 0. The average molecular weight is 621 g/mol. The van der Waals surface area contributed by atoms with Crippen LogP contribution in [0, 0.1) is 17.1 Å². The lowest BCUT2D eigenvalue weighted by Gasteiger charge is -2.33. The first-order chi connectivity index (χ1) is 21.3. The van der Waals surface area contributed by atoms with Gasteiger partial charge in [0.1, 0.15) is 46.9 Å². The quantitative estimate of drug-likeness (QED) is 0.250. The Bertz CT molecular complexity index is 1760. The third kappa shape index (κ3) is 6.86. The first kappa shape index (κ1) is 31.7. The second kappa shape index (κ2) is 12.4. The highest BCUT2D eigenvalue weighted by atomic mass is 19.2. The van der Waals surface area contributed by atoms with Crippen LogP contribution in [0.3, 0.4) is 0 Å². The maximum Gasteiger partial charge on any atom is 0.273 e. The van der Waals surface area contributed by atoms with Crippen LogP contribution in [0.25, 0.3) is 22.3 Å². The number of nitrogen functional groups attached to an aromatic ring is 1. The highest BCUT2D eigenvalue weighted by Crippen LogP contribution is 2.37. The summed E-state index contributed by atoms with van der Waals surface area (Å²) < 4.78 is 51.2. The van der Waals surface area contributed by atoms with Gasteiger partial charge in [0.2, 0.25) is 0 Å². The van der Waals surface area contributed by atoms with Gasteiger partial charge in [-0.1, -0.05) is 19.9 Å². The van der Waals surface area contributed by atoms with Crippen molar-refractivity contribution in [3.63, 3.8) is 0 Å². The summed E-state index contributed by atoms with van der Waals surface area (Å²) in [5.74, 6) is -4.37. The Kier molecular flexibility index (Phi) is 8.71. The maximum absolute atomic E-state index is 15.6. The lowest BCUT2D eigenvalue weighted by molar-refractivity contribution is -0.128. The van der Waals surface area contributed by atoms with E-state index in [0.29, 0.717) is 30.4 Å². The minimum Gasteiger partial charge on any atom is -0.454 e. The van der Waals surface area contributed by atoms with E-state index in [-0.39, 0.29) is 52.9 Å². The number of amides is 1. The number of ether oxygens (including phenoxy) is 1. The molecule has 1 aliphatic carbocycles. The Morgan fingerprint density at radius 3 is 2.78 bits per heavy atom. The molecular weight excluding hydrogens is 585 g/mol. The molecule has 3 heterocycles. The van der Waals surface area contributed by atoms with Crippen LogP contribution in [0.5, 0.6) is 5.75 Å². The minimum atomic E-state index is -2.45. The molecule has 1 saturated heterocycles. The topological polar surface area (TPSA) is 135 Å². The number of fused-ring (bicyclic) bond motifs is 1. The van der Waals surface area contributed by atoms with E-state index in [9.17, 15) is 14.4 Å². The predicted octanol–water partition coefficient (Wildman–Crippen LogP) is 5.46. The predicted molar refractivity (Wildman–Crippen MR) is 163 cm³/mol. The summed E-state index contributed by atoms with van der Waals surface area (Å²) in [5.41, 5.74) is 6.25. The van der Waals surface area contributed by atoms with Gasteiger partial charge in [0.05, 0.1) is 17.8 Å². The Labute approximate surface area is 259 Å². The number of rotatable bonds is 8. The third-order valence-electron chi connectivity index (χ3n) is 7.58. The van der Waals surface area contributed by atoms with E-state index in [2.05, 4.69) is 21.4 Å². The number of nitriles is 1. The molecule has 1 aromatic carbocycles. The normalized spacial score (nSPS) is 20.8. The Morgan fingerprint density at radius 1 is 1.31 bits per heavy atom. The van der Waals surface area contributed by atoms with Crippen molar-refractivity contribution in [1.82, 2.24) is 30.0 Å². The molecule has 1 unspecified atom stereocenters. The summed E-state index contributed by atoms with van der Waals surface area (Å²) in [6, 6.07) is 5.58. The van der Waals surface area contributed by atoms with Crippen LogP contribution in [-0.2, 0) is 4.79 Å². The number of hydrogen-bond donors (Lipinski definition) is 2. The Hall–Kier alpha value is -4.70. The molecule has 13 heteroatoms. The van der Waals surface area contributed by atoms with Gasteiger partial charge in [0, 0.05) is 36.3 Å². The molecule has 1 fully saturated rings. The molecule has 0 spiro atoms. The van der Waals surface area contributed by atoms with Gasteiger partial charge in [-0.2, -0.15) is 14.8 Å².